The van der Waals surface area contributed by atoms with Crippen molar-refractivity contribution in [2.75, 3.05) is 13.1 Å². The van der Waals surface area contributed by atoms with Crippen LogP contribution in [0.4, 0.5) is 0 Å². The molecule has 0 spiro atoms. The lowest BCUT2D eigenvalue weighted by Gasteiger charge is -2.24. The van der Waals surface area contributed by atoms with Gasteiger partial charge in [-0.15, -0.1) is 0 Å². The lowest BCUT2D eigenvalue weighted by atomic mass is 10.1. The third-order valence-electron chi connectivity index (χ3n) is 2.58. The van der Waals surface area contributed by atoms with Gasteiger partial charge < -0.3 is 5.11 Å². The Morgan fingerprint density at radius 3 is 2.00 bits per heavy atom. The molecule has 0 aromatic heterocycles. The average molecular weight is 294 g/mol. The summed E-state index contributed by atoms with van der Waals surface area (Å²) >= 11 is 0. The fourth-order valence-electron chi connectivity index (χ4n) is 1.78. The number of hydrogen-bond acceptors (Lipinski definition) is 3. The van der Waals surface area contributed by atoms with E-state index < -0.39 is 22.2 Å². The molecule has 0 aliphatic carbocycles. The van der Waals surface area contributed by atoms with Gasteiger partial charge >= 0.3 is 5.97 Å². The Bertz CT molecular complexity index is 362. The molecule has 0 fully saturated rings. The molecule has 0 aliphatic rings. The molecule has 0 saturated heterocycles. The van der Waals surface area contributed by atoms with E-state index in [1.54, 1.807) is 0 Å². The van der Waals surface area contributed by atoms with Gasteiger partial charge in [-0.3, -0.25) is 4.79 Å². The first-order valence-electron chi connectivity index (χ1n) is 6.74. The Kier molecular flexibility index (Phi) is 8.20. The predicted molar refractivity (Wildman–Crippen MR) is 75.1 cm³/mol. The summed E-state index contributed by atoms with van der Waals surface area (Å²) in [5, 5.41) is 9.08. The molecule has 0 aromatic rings. The number of carboxylic acid groups (broad SMARTS) is 1. The molecule has 0 rings (SSSR count). The molecule has 114 valence electrons. The van der Waals surface area contributed by atoms with Crippen molar-refractivity contribution < 1.29 is 18.3 Å². The number of hydrogen-bond donors (Lipinski definition) is 2. The molecule has 0 bridgehead atoms. The quantitative estimate of drug-likeness (QED) is 0.638. The van der Waals surface area contributed by atoms with Gasteiger partial charge in [-0.1, -0.05) is 27.7 Å². The van der Waals surface area contributed by atoms with Gasteiger partial charge in [0.1, 0.15) is 6.04 Å². The maximum atomic E-state index is 12.2. The van der Waals surface area contributed by atoms with Crippen molar-refractivity contribution in [2.24, 2.45) is 5.92 Å². The zero-order valence-electron chi connectivity index (χ0n) is 12.2. The summed E-state index contributed by atoms with van der Waals surface area (Å²) in [5.74, 6) is -1.03. The highest BCUT2D eigenvalue weighted by atomic mass is 32.2. The Morgan fingerprint density at radius 1 is 1.21 bits per heavy atom. The van der Waals surface area contributed by atoms with E-state index in [4.69, 9.17) is 5.11 Å². The summed E-state index contributed by atoms with van der Waals surface area (Å²) in [6.07, 6.45) is 1.67. The highest BCUT2D eigenvalue weighted by Crippen LogP contribution is 2.09. The summed E-state index contributed by atoms with van der Waals surface area (Å²) < 4.78 is 27.9. The molecular weight excluding hydrogens is 268 g/mol. The van der Waals surface area contributed by atoms with Crippen LogP contribution in [0, 0.1) is 5.92 Å². The van der Waals surface area contributed by atoms with Crippen LogP contribution in [-0.4, -0.2) is 42.9 Å². The monoisotopic (exact) mass is 294 g/mol. The molecular formula is C12H26N2O4S. The fraction of sp³-hybridized carbons (Fsp3) is 0.917. The van der Waals surface area contributed by atoms with Crippen molar-refractivity contribution in [2.45, 2.75) is 53.0 Å². The summed E-state index contributed by atoms with van der Waals surface area (Å²) in [5.41, 5.74) is 0. The molecule has 1 atom stereocenters. The fourth-order valence-corrected chi connectivity index (χ4v) is 3.33. The van der Waals surface area contributed by atoms with Crippen molar-refractivity contribution in [3.63, 3.8) is 0 Å². The first-order valence-corrected chi connectivity index (χ1v) is 8.18. The summed E-state index contributed by atoms with van der Waals surface area (Å²) in [6.45, 7) is 8.30. The lowest BCUT2D eigenvalue weighted by Crippen LogP contribution is -2.49. The zero-order chi connectivity index (χ0) is 15.1. The first kappa shape index (κ1) is 18.3. The molecule has 7 heteroatoms. The molecule has 6 nitrogen and oxygen atoms in total. The smallest absolute Gasteiger partial charge is 0.321 e. The molecule has 0 unspecified atom stereocenters. The highest BCUT2D eigenvalue weighted by Gasteiger charge is 2.28. The minimum Gasteiger partial charge on any atom is -0.480 e. The Labute approximate surface area is 116 Å². The molecule has 19 heavy (non-hydrogen) atoms. The van der Waals surface area contributed by atoms with Crippen molar-refractivity contribution >= 4 is 16.2 Å². The van der Waals surface area contributed by atoms with Crippen LogP contribution in [0.5, 0.6) is 0 Å². The topological polar surface area (TPSA) is 86.7 Å². The number of nitrogens with zero attached hydrogens (tertiary/aromatic N) is 1. The van der Waals surface area contributed by atoms with Crippen LogP contribution < -0.4 is 4.72 Å². The Hall–Kier alpha value is -0.660. The summed E-state index contributed by atoms with van der Waals surface area (Å²) in [4.78, 5) is 11.1. The maximum Gasteiger partial charge on any atom is 0.321 e. The van der Waals surface area contributed by atoms with Gasteiger partial charge in [-0.25, -0.2) is 0 Å². The van der Waals surface area contributed by atoms with Gasteiger partial charge in [-0.05, 0) is 25.2 Å². The molecule has 0 saturated carbocycles. The van der Waals surface area contributed by atoms with Crippen molar-refractivity contribution in [1.29, 1.82) is 0 Å². The van der Waals surface area contributed by atoms with Crippen LogP contribution in [0.3, 0.4) is 0 Å². The Balaban J connectivity index is 4.90. The number of rotatable bonds is 10. The van der Waals surface area contributed by atoms with E-state index in [-0.39, 0.29) is 12.3 Å². The van der Waals surface area contributed by atoms with Gasteiger partial charge in [0.2, 0.25) is 0 Å². The van der Waals surface area contributed by atoms with E-state index in [1.807, 2.05) is 27.7 Å². The highest BCUT2D eigenvalue weighted by molar-refractivity contribution is 7.87. The molecule has 0 heterocycles. The van der Waals surface area contributed by atoms with E-state index in [9.17, 15) is 13.2 Å². The number of aliphatic carboxylic acids is 1. The predicted octanol–water partition coefficient (Wildman–Crippen LogP) is 1.44. The van der Waals surface area contributed by atoms with Crippen LogP contribution in [-0.2, 0) is 15.0 Å². The summed E-state index contributed by atoms with van der Waals surface area (Å²) in [6, 6.07) is -1.07. The van der Waals surface area contributed by atoms with Gasteiger partial charge in [0.15, 0.2) is 0 Å². The SMILES string of the molecule is CCCN(CCC)S(=O)(=O)N[C@H](CC(C)C)C(=O)O. The van der Waals surface area contributed by atoms with E-state index in [2.05, 4.69) is 4.72 Å². The van der Waals surface area contributed by atoms with Crippen LogP contribution >= 0.6 is 0 Å². The molecule has 0 aliphatic heterocycles. The van der Waals surface area contributed by atoms with Gasteiger partial charge in [0, 0.05) is 13.1 Å². The summed E-state index contributed by atoms with van der Waals surface area (Å²) in [7, 11) is -3.73. The van der Waals surface area contributed by atoms with Gasteiger partial charge in [0.25, 0.3) is 10.2 Å². The van der Waals surface area contributed by atoms with E-state index in [1.165, 1.54) is 4.31 Å². The van der Waals surface area contributed by atoms with E-state index >= 15 is 0 Å². The minimum atomic E-state index is -3.73. The van der Waals surface area contributed by atoms with Crippen molar-refractivity contribution in [1.82, 2.24) is 9.03 Å². The van der Waals surface area contributed by atoms with Crippen LogP contribution in [0.2, 0.25) is 0 Å². The van der Waals surface area contributed by atoms with E-state index in [0.717, 1.165) is 0 Å². The van der Waals surface area contributed by atoms with Crippen LogP contribution in [0.1, 0.15) is 47.0 Å². The van der Waals surface area contributed by atoms with Crippen molar-refractivity contribution in [3.05, 3.63) is 0 Å². The maximum absolute atomic E-state index is 12.2. The van der Waals surface area contributed by atoms with Crippen LogP contribution in [0.25, 0.3) is 0 Å². The zero-order valence-corrected chi connectivity index (χ0v) is 13.0. The third-order valence-corrected chi connectivity index (χ3v) is 4.21. The van der Waals surface area contributed by atoms with Gasteiger partial charge in [-0.2, -0.15) is 17.4 Å². The average Bonchev–Trinajstić information content (AvgIpc) is 2.26. The standard InChI is InChI=1S/C12H26N2O4S/c1-5-7-14(8-6-2)19(17,18)13-11(12(15)16)9-10(3)4/h10-11,13H,5-9H2,1-4H3,(H,15,16)/t11-/m1/s1. The number of carboxylic acids is 1. The van der Waals surface area contributed by atoms with Gasteiger partial charge in [0.05, 0.1) is 0 Å². The lowest BCUT2D eigenvalue weighted by molar-refractivity contribution is -0.139. The third kappa shape index (κ3) is 6.89. The first-order chi connectivity index (χ1) is 8.74. The second kappa shape index (κ2) is 8.50. The second-order valence-electron chi connectivity index (χ2n) is 5.04. The number of carbonyl (C=O) groups is 1. The Morgan fingerprint density at radius 2 is 1.68 bits per heavy atom. The molecule has 2 N–H and O–H groups in total. The van der Waals surface area contributed by atoms with E-state index in [0.29, 0.717) is 25.9 Å². The number of nitrogens with one attached hydrogen (secondary N) is 1. The van der Waals surface area contributed by atoms with Crippen molar-refractivity contribution in [3.8, 4) is 0 Å². The van der Waals surface area contributed by atoms with Crippen LogP contribution in [0.15, 0.2) is 0 Å². The molecule has 0 aromatic carbocycles. The largest absolute Gasteiger partial charge is 0.480 e. The molecule has 0 radical (unpaired) electrons. The normalized spacial score (nSPS) is 14.0. The minimum absolute atomic E-state index is 0.106. The second-order valence-corrected chi connectivity index (χ2v) is 6.74. The molecule has 0 amide bonds.